The van der Waals surface area contributed by atoms with Gasteiger partial charge < -0.3 is 9.90 Å². The first-order valence-corrected chi connectivity index (χ1v) is 12.8. The van der Waals surface area contributed by atoms with Gasteiger partial charge in [-0.1, -0.05) is 73.9 Å². The smallest absolute Gasteiger partial charge is 0.129 e. The summed E-state index contributed by atoms with van der Waals surface area (Å²) < 4.78 is 0. The third kappa shape index (κ3) is 4.85. The Morgan fingerprint density at radius 1 is 0.828 bits per heavy atom. The Morgan fingerprint density at radius 2 is 1.31 bits per heavy atom. The summed E-state index contributed by atoms with van der Waals surface area (Å²) >= 11 is 0. The van der Waals surface area contributed by atoms with Crippen LogP contribution < -0.4 is 5.11 Å². The van der Waals surface area contributed by atoms with E-state index in [1.165, 1.54) is 0 Å². The molecule has 2 nitrogen and oxygen atoms in total. The highest BCUT2D eigenvalue weighted by Crippen LogP contribution is 2.32. The summed E-state index contributed by atoms with van der Waals surface area (Å²) in [6.45, 7) is 6.59. The van der Waals surface area contributed by atoms with E-state index in [9.17, 15) is 9.90 Å². The first kappa shape index (κ1) is 20.2. The number of aromatic carboxylic acids is 1. The maximum atomic E-state index is 12.0. The number of carboxylic acids is 1. The van der Waals surface area contributed by atoms with Crippen LogP contribution in [0.25, 0.3) is 22.3 Å². The Morgan fingerprint density at radius 3 is 1.72 bits per heavy atom. The zero-order valence-electron chi connectivity index (χ0n) is 16.7. The molecule has 29 heavy (non-hydrogen) atoms. The quantitative estimate of drug-likeness (QED) is 0.482. The average Bonchev–Trinajstić information content (AvgIpc) is 2.71. The van der Waals surface area contributed by atoms with Crippen LogP contribution in [0.15, 0.2) is 66.7 Å². The molecular formula is C26H21O2Si-. The van der Waals surface area contributed by atoms with Gasteiger partial charge in [-0.2, -0.15) is 0 Å². The van der Waals surface area contributed by atoms with E-state index in [4.69, 9.17) is 6.42 Å². The molecule has 3 heteroatoms. The van der Waals surface area contributed by atoms with Crippen molar-refractivity contribution >= 4 is 14.0 Å². The van der Waals surface area contributed by atoms with Crippen LogP contribution in [0, 0.1) is 23.8 Å². The SMILES string of the molecule is C#Cc1ccc(-c2cccc(-c3ccc(C#C[Si](C)(C)C)cc3)c2C(=O)[O-])cc1. The second-order valence-corrected chi connectivity index (χ2v) is 12.6. The highest BCUT2D eigenvalue weighted by molar-refractivity contribution is 6.83. The lowest BCUT2D eigenvalue weighted by atomic mass is 9.91. The Labute approximate surface area is 173 Å². The fourth-order valence-corrected chi connectivity index (χ4v) is 3.51. The van der Waals surface area contributed by atoms with Gasteiger partial charge in [-0.05, 0) is 46.5 Å². The second-order valence-electron chi connectivity index (χ2n) is 7.81. The van der Waals surface area contributed by atoms with Crippen LogP contribution in [-0.4, -0.2) is 14.0 Å². The van der Waals surface area contributed by atoms with E-state index in [2.05, 4.69) is 37.0 Å². The Hall–Kier alpha value is -3.53. The van der Waals surface area contributed by atoms with Gasteiger partial charge >= 0.3 is 0 Å². The van der Waals surface area contributed by atoms with Crippen LogP contribution in [0.3, 0.4) is 0 Å². The number of carboxylic acid groups (broad SMARTS) is 1. The van der Waals surface area contributed by atoms with Gasteiger partial charge in [-0.25, -0.2) is 0 Å². The second kappa shape index (κ2) is 8.23. The minimum atomic E-state index is -1.45. The third-order valence-corrected chi connectivity index (χ3v) is 5.28. The fraction of sp³-hybridized carbons (Fsp3) is 0.115. The van der Waals surface area contributed by atoms with E-state index in [-0.39, 0.29) is 5.56 Å². The van der Waals surface area contributed by atoms with Crippen LogP contribution in [-0.2, 0) is 0 Å². The Balaban J connectivity index is 2.07. The Kier molecular flexibility index (Phi) is 5.73. The van der Waals surface area contributed by atoms with Gasteiger partial charge in [-0.3, -0.25) is 0 Å². The summed E-state index contributed by atoms with van der Waals surface area (Å²) in [5, 5.41) is 12.0. The van der Waals surface area contributed by atoms with Crippen molar-refractivity contribution in [2.45, 2.75) is 19.6 Å². The topological polar surface area (TPSA) is 40.1 Å². The van der Waals surface area contributed by atoms with Gasteiger partial charge in [0.15, 0.2) is 0 Å². The van der Waals surface area contributed by atoms with Crippen molar-refractivity contribution < 1.29 is 9.90 Å². The normalized spacial score (nSPS) is 10.6. The highest BCUT2D eigenvalue weighted by Gasteiger charge is 2.13. The van der Waals surface area contributed by atoms with Gasteiger partial charge in [0.05, 0.1) is 5.97 Å². The molecule has 0 heterocycles. The first-order chi connectivity index (χ1) is 13.8. The number of benzene rings is 3. The lowest BCUT2D eigenvalue weighted by molar-refractivity contribution is -0.254. The summed E-state index contributed by atoms with van der Waals surface area (Å²) in [6.07, 6.45) is 5.41. The molecule has 0 aromatic heterocycles. The van der Waals surface area contributed by atoms with Crippen LogP contribution in [0.2, 0.25) is 19.6 Å². The minimum Gasteiger partial charge on any atom is -0.545 e. The van der Waals surface area contributed by atoms with Gasteiger partial charge in [0.2, 0.25) is 0 Å². The van der Waals surface area contributed by atoms with Crippen molar-refractivity contribution in [2.24, 2.45) is 0 Å². The van der Waals surface area contributed by atoms with E-state index >= 15 is 0 Å². The zero-order valence-corrected chi connectivity index (χ0v) is 17.7. The molecule has 0 N–H and O–H groups in total. The number of terminal acetylenes is 1. The predicted molar refractivity (Wildman–Crippen MR) is 120 cm³/mol. The summed E-state index contributed by atoms with van der Waals surface area (Å²) in [7, 11) is -1.45. The van der Waals surface area contributed by atoms with Crippen LogP contribution in [0.4, 0.5) is 0 Å². The predicted octanol–water partition coefficient (Wildman–Crippen LogP) is 4.59. The monoisotopic (exact) mass is 393 g/mol. The zero-order chi connectivity index (χ0) is 21.0. The van der Waals surface area contributed by atoms with E-state index < -0.39 is 14.0 Å². The summed E-state index contributed by atoms with van der Waals surface area (Å²) in [6, 6.07) is 20.4. The molecule has 3 aromatic rings. The number of hydrogen-bond donors (Lipinski definition) is 0. The molecule has 0 fully saturated rings. The number of hydrogen-bond acceptors (Lipinski definition) is 2. The molecule has 0 amide bonds. The van der Waals surface area contributed by atoms with Crippen molar-refractivity contribution in [1.29, 1.82) is 0 Å². The molecule has 0 aliphatic rings. The number of carbonyl (C=O) groups excluding carboxylic acids is 1. The van der Waals surface area contributed by atoms with Crippen molar-refractivity contribution in [2.75, 3.05) is 0 Å². The maximum absolute atomic E-state index is 12.0. The van der Waals surface area contributed by atoms with Crippen molar-refractivity contribution in [1.82, 2.24) is 0 Å². The largest absolute Gasteiger partial charge is 0.545 e. The molecule has 0 aliphatic heterocycles. The van der Waals surface area contributed by atoms with Crippen molar-refractivity contribution in [3.63, 3.8) is 0 Å². The molecule has 0 atom stereocenters. The van der Waals surface area contributed by atoms with Gasteiger partial charge in [0, 0.05) is 16.7 Å². The van der Waals surface area contributed by atoms with E-state index in [0.29, 0.717) is 11.1 Å². The molecule has 0 unspecified atom stereocenters. The van der Waals surface area contributed by atoms with Crippen molar-refractivity contribution in [3.05, 3.63) is 83.4 Å². The molecule has 0 radical (unpaired) electrons. The summed E-state index contributed by atoms with van der Waals surface area (Å²) in [5.41, 5.74) is 7.99. The van der Waals surface area contributed by atoms with Gasteiger partial charge in [-0.15, -0.1) is 12.0 Å². The van der Waals surface area contributed by atoms with Gasteiger partial charge in [0.25, 0.3) is 0 Å². The molecule has 0 aliphatic carbocycles. The van der Waals surface area contributed by atoms with Crippen molar-refractivity contribution in [3.8, 4) is 46.1 Å². The van der Waals surface area contributed by atoms with Crippen LogP contribution in [0.1, 0.15) is 21.5 Å². The molecule has 0 bridgehead atoms. The molecule has 0 saturated carbocycles. The molecule has 0 spiro atoms. The molecule has 3 rings (SSSR count). The molecular weight excluding hydrogens is 372 g/mol. The number of rotatable bonds is 3. The van der Waals surface area contributed by atoms with E-state index in [0.717, 1.165) is 22.3 Å². The standard InChI is InChI=1S/C26H22O2Si/c1-5-19-9-13-21(14-10-19)23-7-6-8-24(25(23)26(27)28)22-15-11-20(12-16-22)17-18-29(2,3)4/h1,6-16H,2-4H3,(H,27,28)/p-1. The maximum Gasteiger partial charge on any atom is 0.129 e. The first-order valence-electron chi connectivity index (χ1n) is 9.33. The highest BCUT2D eigenvalue weighted by atomic mass is 28.3. The van der Waals surface area contributed by atoms with E-state index in [1.54, 1.807) is 24.3 Å². The third-order valence-electron chi connectivity index (χ3n) is 4.41. The van der Waals surface area contributed by atoms with E-state index in [1.807, 2.05) is 42.5 Å². The summed E-state index contributed by atoms with van der Waals surface area (Å²) in [4.78, 5) is 12.0. The van der Waals surface area contributed by atoms with Crippen LogP contribution in [0.5, 0.6) is 0 Å². The molecule has 3 aromatic carbocycles. The average molecular weight is 394 g/mol. The van der Waals surface area contributed by atoms with Crippen LogP contribution >= 0.6 is 0 Å². The van der Waals surface area contributed by atoms with Gasteiger partial charge in [0.1, 0.15) is 8.07 Å². The number of carbonyl (C=O) groups is 1. The lowest BCUT2D eigenvalue weighted by Gasteiger charge is -2.16. The molecule has 142 valence electrons. The molecule has 0 saturated heterocycles. The lowest BCUT2D eigenvalue weighted by Crippen LogP contribution is -2.24. The Bertz CT molecular complexity index is 1150. The summed E-state index contributed by atoms with van der Waals surface area (Å²) in [5.74, 6) is 4.57. The fourth-order valence-electron chi connectivity index (χ4n) is 2.99. The minimum absolute atomic E-state index is 0.168.